The van der Waals surface area contributed by atoms with E-state index < -0.39 is 0 Å². The second kappa shape index (κ2) is 4.41. The van der Waals surface area contributed by atoms with E-state index in [4.69, 9.17) is 0 Å². The molecule has 0 spiro atoms. The van der Waals surface area contributed by atoms with Crippen LogP contribution >= 0.6 is 22.7 Å². The van der Waals surface area contributed by atoms with Crippen LogP contribution in [0.15, 0.2) is 23.7 Å². The Morgan fingerprint density at radius 2 is 2.40 bits per heavy atom. The van der Waals surface area contributed by atoms with Crippen LogP contribution in [0.4, 0.5) is 10.1 Å². The van der Waals surface area contributed by atoms with Gasteiger partial charge in [-0.15, -0.1) is 11.3 Å². The molecular weight excluding hydrogens is 230 g/mol. The molecule has 0 aliphatic carbocycles. The summed E-state index contributed by atoms with van der Waals surface area (Å²) in [4.78, 5) is 16.4. The van der Waals surface area contributed by atoms with Crippen LogP contribution in [0.3, 0.4) is 0 Å². The number of thiophene rings is 1. The largest absolute Gasteiger partial charge is 0.379 e. The summed E-state index contributed by atoms with van der Waals surface area (Å²) in [5, 5.41) is 9.11. The molecule has 2 aromatic rings. The Hall–Kier alpha value is -1.40. The van der Waals surface area contributed by atoms with E-state index in [1.807, 2.05) is 18.5 Å². The van der Waals surface area contributed by atoms with Gasteiger partial charge in [0.1, 0.15) is 5.00 Å². The topological polar surface area (TPSA) is 54.0 Å². The van der Waals surface area contributed by atoms with Crippen LogP contribution in [0.25, 0.3) is 0 Å². The van der Waals surface area contributed by atoms with Gasteiger partial charge >= 0.3 is 0 Å². The van der Waals surface area contributed by atoms with Crippen LogP contribution in [0.2, 0.25) is 0 Å². The Kier molecular flexibility index (Phi) is 2.98. The highest BCUT2D eigenvalue weighted by atomic mass is 32.1. The molecule has 6 heteroatoms. The number of anilines is 2. The second-order valence-corrected chi connectivity index (χ2v) is 4.69. The molecule has 0 aromatic carbocycles. The highest BCUT2D eigenvalue weighted by Gasteiger charge is 2.08. The number of hydrogen-bond acceptors (Lipinski definition) is 5. The molecule has 0 saturated heterocycles. The minimum absolute atomic E-state index is 0.109. The van der Waals surface area contributed by atoms with Gasteiger partial charge in [0.15, 0.2) is 5.13 Å². The third-order valence-electron chi connectivity index (χ3n) is 1.72. The standard InChI is InChI=1S/C9H9N3OS2/c1-10-7-5-11-9(15-7)12-8(13)6-3-2-4-14-6/h2-5,10H,1H3,(H,11,12,13). The van der Waals surface area contributed by atoms with Crippen molar-refractivity contribution in [3.63, 3.8) is 0 Å². The smallest absolute Gasteiger partial charge is 0.267 e. The van der Waals surface area contributed by atoms with Gasteiger partial charge in [0.05, 0.1) is 11.1 Å². The third kappa shape index (κ3) is 2.34. The molecule has 2 N–H and O–H groups in total. The SMILES string of the molecule is CNc1cnc(NC(=O)c2cccs2)s1. The lowest BCUT2D eigenvalue weighted by Crippen LogP contribution is -2.09. The zero-order chi connectivity index (χ0) is 10.7. The van der Waals surface area contributed by atoms with Crippen LogP contribution < -0.4 is 10.6 Å². The second-order valence-electron chi connectivity index (χ2n) is 2.71. The zero-order valence-electron chi connectivity index (χ0n) is 7.98. The molecule has 0 unspecified atom stereocenters. The van der Waals surface area contributed by atoms with Crippen LogP contribution in [-0.4, -0.2) is 17.9 Å². The molecule has 1 amide bonds. The number of carbonyl (C=O) groups excluding carboxylic acids is 1. The van der Waals surface area contributed by atoms with Crippen molar-refractivity contribution in [1.29, 1.82) is 0 Å². The Morgan fingerprint density at radius 3 is 3.00 bits per heavy atom. The first-order valence-corrected chi connectivity index (χ1v) is 5.97. The molecule has 4 nitrogen and oxygen atoms in total. The summed E-state index contributed by atoms with van der Waals surface area (Å²) in [7, 11) is 1.82. The number of hydrogen-bond donors (Lipinski definition) is 2. The van der Waals surface area contributed by atoms with E-state index in [1.54, 1.807) is 12.3 Å². The molecule has 0 radical (unpaired) electrons. The van der Waals surface area contributed by atoms with E-state index in [0.29, 0.717) is 10.0 Å². The number of amides is 1. The first-order valence-electron chi connectivity index (χ1n) is 4.28. The lowest BCUT2D eigenvalue weighted by Gasteiger charge is -1.97. The fraction of sp³-hybridized carbons (Fsp3) is 0.111. The average Bonchev–Trinajstić information content (AvgIpc) is 2.87. The maximum Gasteiger partial charge on any atom is 0.267 e. The van der Waals surface area contributed by atoms with Crippen molar-refractivity contribution in [3.05, 3.63) is 28.6 Å². The van der Waals surface area contributed by atoms with Gasteiger partial charge in [0.2, 0.25) is 0 Å². The van der Waals surface area contributed by atoms with Crippen molar-refractivity contribution < 1.29 is 4.79 Å². The monoisotopic (exact) mass is 239 g/mol. The van der Waals surface area contributed by atoms with E-state index in [1.165, 1.54) is 22.7 Å². The molecule has 78 valence electrons. The van der Waals surface area contributed by atoms with Crippen molar-refractivity contribution in [1.82, 2.24) is 4.98 Å². The Balaban J connectivity index is 2.06. The first kappa shape index (κ1) is 10.1. The van der Waals surface area contributed by atoms with E-state index in [9.17, 15) is 4.79 Å². The molecular formula is C9H9N3OS2. The lowest BCUT2D eigenvalue weighted by atomic mass is 10.4. The quantitative estimate of drug-likeness (QED) is 0.865. The Labute approximate surface area is 95.0 Å². The fourth-order valence-electron chi connectivity index (χ4n) is 1.01. The maximum atomic E-state index is 11.6. The summed E-state index contributed by atoms with van der Waals surface area (Å²) in [6.07, 6.45) is 1.69. The zero-order valence-corrected chi connectivity index (χ0v) is 9.61. The molecule has 0 atom stereocenters. The van der Waals surface area contributed by atoms with Crippen LogP contribution in [-0.2, 0) is 0 Å². The molecule has 0 aliphatic heterocycles. The predicted molar refractivity (Wildman–Crippen MR) is 63.9 cm³/mol. The average molecular weight is 239 g/mol. The lowest BCUT2D eigenvalue weighted by molar-refractivity contribution is 0.103. The Bertz CT molecular complexity index is 450. The van der Waals surface area contributed by atoms with Gasteiger partial charge in [-0.2, -0.15) is 0 Å². The molecule has 2 heterocycles. The van der Waals surface area contributed by atoms with Crippen LogP contribution in [0.1, 0.15) is 9.67 Å². The molecule has 0 aliphatic rings. The van der Waals surface area contributed by atoms with Gasteiger partial charge in [-0.05, 0) is 11.4 Å². The number of nitrogens with zero attached hydrogens (tertiary/aromatic N) is 1. The summed E-state index contributed by atoms with van der Waals surface area (Å²) in [5.74, 6) is -0.109. The molecule has 2 rings (SSSR count). The van der Waals surface area contributed by atoms with Gasteiger partial charge in [-0.1, -0.05) is 17.4 Å². The van der Waals surface area contributed by atoms with Gasteiger partial charge < -0.3 is 5.32 Å². The van der Waals surface area contributed by atoms with E-state index in [0.717, 1.165) is 5.00 Å². The number of aromatic nitrogens is 1. The summed E-state index contributed by atoms with van der Waals surface area (Å²) >= 11 is 2.82. The van der Waals surface area contributed by atoms with Gasteiger partial charge in [-0.25, -0.2) is 4.98 Å². The molecule has 0 fully saturated rings. The number of rotatable bonds is 3. The third-order valence-corrected chi connectivity index (χ3v) is 3.52. The van der Waals surface area contributed by atoms with Crippen molar-refractivity contribution in [2.24, 2.45) is 0 Å². The van der Waals surface area contributed by atoms with Crippen molar-refractivity contribution in [2.45, 2.75) is 0 Å². The predicted octanol–water partition coefficient (Wildman–Crippen LogP) is 2.50. The highest BCUT2D eigenvalue weighted by Crippen LogP contribution is 2.23. The van der Waals surface area contributed by atoms with Crippen molar-refractivity contribution in [2.75, 3.05) is 17.7 Å². The van der Waals surface area contributed by atoms with Crippen molar-refractivity contribution >= 4 is 38.7 Å². The number of nitrogens with one attached hydrogen (secondary N) is 2. The van der Waals surface area contributed by atoms with Crippen LogP contribution in [0.5, 0.6) is 0 Å². The molecule has 2 aromatic heterocycles. The van der Waals surface area contributed by atoms with Gasteiger partial charge in [-0.3, -0.25) is 10.1 Å². The maximum absolute atomic E-state index is 11.6. The van der Waals surface area contributed by atoms with E-state index >= 15 is 0 Å². The first-order chi connectivity index (χ1) is 7.29. The molecule has 0 bridgehead atoms. The number of thiazole rings is 1. The van der Waals surface area contributed by atoms with Crippen molar-refractivity contribution in [3.8, 4) is 0 Å². The van der Waals surface area contributed by atoms with E-state index in [-0.39, 0.29) is 5.91 Å². The summed E-state index contributed by atoms with van der Waals surface area (Å²) in [5.41, 5.74) is 0. The van der Waals surface area contributed by atoms with Gasteiger partial charge in [0, 0.05) is 7.05 Å². The minimum Gasteiger partial charge on any atom is -0.379 e. The normalized spacial score (nSPS) is 9.93. The van der Waals surface area contributed by atoms with E-state index in [2.05, 4.69) is 15.6 Å². The van der Waals surface area contributed by atoms with Gasteiger partial charge in [0.25, 0.3) is 5.91 Å². The van der Waals surface area contributed by atoms with Crippen LogP contribution in [0, 0.1) is 0 Å². The summed E-state index contributed by atoms with van der Waals surface area (Å²) < 4.78 is 0. The summed E-state index contributed by atoms with van der Waals surface area (Å²) in [6, 6.07) is 3.63. The highest BCUT2D eigenvalue weighted by molar-refractivity contribution is 7.19. The fourth-order valence-corrected chi connectivity index (χ4v) is 2.30. The minimum atomic E-state index is -0.109. The summed E-state index contributed by atoms with van der Waals surface area (Å²) in [6.45, 7) is 0. The number of carbonyl (C=O) groups is 1. The molecule has 0 saturated carbocycles. The molecule has 15 heavy (non-hydrogen) atoms. The Morgan fingerprint density at radius 1 is 1.53 bits per heavy atom.